The van der Waals surface area contributed by atoms with Crippen LogP contribution in [0.5, 0.6) is 11.5 Å². The van der Waals surface area contributed by atoms with Crippen molar-refractivity contribution in [2.24, 2.45) is 0 Å². The van der Waals surface area contributed by atoms with Gasteiger partial charge in [-0.25, -0.2) is 4.98 Å². The largest absolute Gasteiger partial charge is 0.457 e. The van der Waals surface area contributed by atoms with E-state index < -0.39 is 5.41 Å². The molecule has 430 valence electrons. The molecule has 1 aliphatic heterocycles. The van der Waals surface area contributed by atoms with Crippen LogP contribution in [-0.2, 0) is 37.9 Å². The topological polar surface area (TPSA) is 33.5 Å². The molecular weight excluding hydrogens is 1020 g/mol. The molecule has 10 aromatic rings. The zero-order valence-corrected chi connectivity index (χ0v) is 53.4. The van der Waals surface area contributed by atoms with Gasteiger partial charge in [0.25, 0.3) is 0 Å². The minimum absolute atomic E-state index is 0.0564. The molecule has 0 N–H and O–H groups in total. The maximum Gasteiger partial charge on any atom is 0.137 e. The van der Waals surface area contributed by atoms with Gasteiger partial charge in [-0.1, -0.05) is 240 Å². The lowest BCUT2D eigenvalue weighted by Gasteiger charge is -2.34. The molecule has 0 radical (unpaired) electrons. The summed E-state index contributed by atoms with van der Waals surface area (Å²) in [4.78, 5) is 10.2. The van der Waals surface area contributed by atoms with Gasteiger partial charge in [-0.05, 0) is 138 Å². The van der Waals surface area contributed by atoms with Crippen molar-refractivity contribution in [1.29, 1.82) is 0 Å². The highest BCUT2D eigenvalue weighted by molar-refractivity contribution is 6.11. The van der Waals surface area contributed by atoms with Gasteiger partial charge >= 0.3 is 0 Å². The fraction of sp³-hybridized carbons (Fsp3) is 0.329. The third kappa shape index (κ3) is 10.6. The number of pyridine rings is 1. The van der Waals surface area contributed by atoms with Crippen LogP contribution in [0.3, 0.4) is 0 Å². The molecule has 0 bridgehead atoms. The number of hydrogen-bond donors (Lipinski definition) is 0. The molecule has 0 atom stereocenters. The molecule has 0 amide bonds. The fourth-order valence-electron chi connectivity index (χ4n) is 12.8. The van der Waals surface area contributed by atoms with E-state index in [0.29, 0.717) is 6.67 Å². The number of aromatic nitrogens is 2. The van der Waals surface area contributed by atoms with Crippen molar-refractivity contribution in [3.05, 3.63) is 250 Å². The molecule has 2 aromatic heterocycles. The number of fused-ring (bicyclic) bond motifs is 4. The van der Waals surface area contributed by atoms with Crippen molar-refractivity contribution in [2.75, 3.05) is 16.5 Å². The van der Waals surface area contributed by atoms with E-state index in [-0.39, 0.29) is 32.5 Å². The van der Waals surface area contributed by atoms with E-state index >= 15 is 0 Å². The summed E-state index contributed by atoms with van der Waals surface area (Å²) in [6.45, 7) is 42.7. The van der Waals surface area contributed by atoms with Gasteiger partial charge in [0.15, 0.2) is 0 Å². The van der Waals surface area contributed by atoms with Crippen molar-refractivity contribution >= 4 is 44.6 Å². The monoisotopic (exact) mass is 1110 g/mol. The minimum atomic E-state index is -0.393. The van der Waals surface area contributed by atoms with Crippen LogP contribution >= 0.6 is 0 Å². The van der Waals surface area contributed by atoms with Gasteiger partial charge < -0.3 is 14.5 Å². The number of para-hydroxylation sites is 1. The van der Waals surface area contributed by atoms with E-state index in [1.54, 1.807) is 0 Å². The smallest absolute Gasteiger partial charge is 0.137 e. The lowest BCUT2D eigenvalue weighted by atomic mass is 9.73. The summed E-state index contributed by atoms with van der Waals surface area (Å²) in [6.07, 6.45) is 1.96. The highest BCUT2D eigenvalue weighted by Crippen LogP contribution is 2.53. The van der Waals surface area contributed by atoms with Crippen molar-refractivity contribution in [1.82, 2.24) is 9.55 Å². The quantitative estimate of drug-likeness (QED) is 0.129. The second-order valence-electron chi connectivity index (χ2n) is 29.6. The molecule has 5 heteroatoms. The summed E-state index contributed by atoms with van der Waals surface area (Å²) >= 11 is 0. The van der Waals surface area contributed by atoms with Crippen molar-refractivity contribution in [3.63, 3.8) is 0 Å². The molecule has 0 saturated heterocycles. The SMILES string of the molecule is CC(C)(C)c1ccnc(-n2c3ccccc3c3c(C(C)(C)C)cc(Oc4cc(N5CN(c6cc(C(C)(C)c7ccccc7)cc(C(C)(C)c7ccccc7)c6)c6cc(C(C)(C)C)c(C(C)(C)C)cc65)cc(C(C)(C)c5ccccc5)c4)cc32)c1. The van der Waals surface area contributed by atoms with Gasteiger partial charge in [-0.2, -0.15) is 0 Å². The van der Waals surface area contributed by atoms with Gasteiger partial charge in [0.05, 0.1) is 22.4 Å². The van der Waals surface area contributed by atoms with Gasteiger partial charge in [0.1, 0.15) is 24.0 Å². The highest BCUT2D eigenvalue weighted by Gasteiger charge is 2.38. The van der Waals surface area contributed by atoms with Crippen LogP contribution in [0.2, 0.25) is 0 Å². The van der Waals surface area contributed by atoms with E-state index in [1.165, 1.54) is 77.9 Å². The molecule has 0 spiro atoms. The Morgan fingerprint density at radius 3 is 1.24 bits per heavy atom. The third-order valence-electron chi connectivity index (χ3n) is 18.3. The Bertz CT molecular complexity index is 4010. The van der Waals surface area contributed by atoms with Crippen LogP contribution in [0.15, 0.2) is 194 Å². The van der Waals surface area contributed by atoms with Crippen LogP contribution in [0.4, 0.5) is 22.7 Å². The maximum absolute atomic E-state index is 7.52. The first-order valence-corrected chi connectivity index (χ1v) is 30.4. The molecule has 5 nitrogen and oxygen atoms in total. The Labute approximate surface area is 502 Å². The zero-order valence-electron chi connectivity index (χ0n) is 53.4. The van der Waals surface area contributed by atoms with Gasteiger partial charge in [0, 0.05) is 56.7 Å². The van der Waals surface area contributed by atoms with Crippen LogP contribution < -0.4 is 14.5 Å². The Balaban J connectivity index is 1.15. The van der Waals surface area contributed by atoms with E-state index in [0.717, 1.165) is 39.6 Å². The molecule has 1 aliphatic rings. The zero-order chi connectivity index (χ0) is 60.1. The number of benzene rings is 8. The summed E-state index contributed by atoms with van der Waals surface area (Å²) in [7, 11) is 0. The van der Waals surface area contributed by atoms with Gasteiger partial charge in [0.2, 0.25) is 0 Å². The lowest BCUT2D eigenvalue weighted by molar-refractivity contribution is 0.477. The average molecular weight is 1110 g/mol. The number of ether oxygens (including phenoxy) is 1. The van der Waals surface area contributed by atoms with E-state index in [1.807, 2.05) is 6.20 Å². The number of nitrogens with zero attached hydrogens (tertiary/aromatic N) is 4. The van der Waals surface area contributed by atoms with Crippen LogP contribution in [0, 0.1) is 0 Å². The number of rotatable bonds is 11. The minimum Gasteiger partial charge on any atom is -0.457 e. The van der Waals surface area contributed by atoms with Crippen molar-refractivity contribution in [2.45, 2.75) is 163 Å². The number of hydrogen-bond acceptors (Lipinski definition) is 4. The first-order chi connectivity index (χ1) is 39.4. The summed E-state index contributed by atoms with van der Waals surface area (Å²) in [6, 6.07) is 70.1. The summed E-state index contributed by atoms with van der Waals surface area (Å²) in [5, 5.41) is 2.42. The first-order valence-electron chi connectivity index (χ1n) is 30.4. The standard InChI is InChI=1S/C79H88N4O/c1-73(2,3)55-38-39-80-71(45-55)83-67-37-29-28-36-63(67)72-66(76(10,11)12)47-62(48-70(72)83)84-61-44-58(79(17,18)54-34-26-21-27-35-54)43-60(46-61)82-51-81(68-49-64(74(4,5)6)65(50-69(68)82)75(7,8)9)59-41-56(77(13,14)52-30-22-19-23-31-52)40-57(42-59)78(15,16)53-32-24-20-25-33-53/h19-50H,51H2,1-18H3. The van der Waals surface area contributed by atoms with Gasteiger partial charge in [-0.15, -0.1) is 0 Å². The molecule has 0 unspecified atom stereocenters. The Kier molecular flexibility index (Phi) is 14.3. The number of anilines is 4. The van der Waals surface area contributed by atoms with E-state index in [4.69, 9.17) is 9.72 Å². The Morgan fingerprint density at radius 1 is 0.345 bits per heavy atom. The van der Waals surface area contributed by atoms with Crippen molar-refractivity contribution < 1.29 is 4.74 Å². The normalized spacial score (nSPS) is 13.7. The Hall–Kier alpha value is -7.89. The van der Waals surface area contributed by atoms with Gasteiger partial charge in [-0.3, -0.25) is 4.57 Å². The van der Waals surface area contributed by atoms with Crippen LogP contribution in [0.1, 0.15) is 180 Å². The fourth-order valence-corrected chi connectivity index (χ4v) is 12.8. The predicted octanol–water partition coefficient (Wildman–Crippen LogP) is 21.4. The molecule has 0 saturated carbocycles. The summed E-state index contributed by atoms with van der Waals surface area (Å²) in [5.41, 5.74) is 17.9. The maximum atomic E-state index is 7.52. The van der Waals surface area contributed by atoms with E-state index in [2.05, 4.69) is 327 Å². The molecule has 11 rings (SSSR count). The molecule has 8 aromatic carbocycles. The van der Waals surface area contributed by atoms with Crippen molar-refractivity contribution in [3.8, 4) is 17.3 Å². The molecule has 0 aliphatic carbocycles. The highest BCUT2D eigenvalue weighted by atomic mass is 16.5. The lowest BCUT2D eigenvalue weighted by Crippen LogP contribution is -2.27. The third-order valence-corrected chi connectivity index (χ3v) is 18.3. The second-order valence-corrected chi connectivity index (χ2v) is 29.6. The van der Waals surface area contributed by atoms with Crippen LogP contribution in [0.25, 0.3) is 27.6 Å². The second kappa shape index (κ2) is 20.7. The first kappa shape index (κ1) is 57.9. The average Bonchev–Trinajstić information content (AvgIpc) is 1.72. The summed E-state index contributed by atoms with van der Waals surface area (Å²) < 4.78 is 9.86. The molecule has 3 heterocycles. The molecular formula is C79H88N4O. The predicted molar refractivity (Wildman–Crippen MR) is 358 cm³/mol. The molecule has 0 fully saturated rings. The van der Waals surface area contributed by atoms with Crippen LogP contribution in [-0.4, -0.2) is 16.2 Å². The van der Waals surface area contributed by atoms with E-state index in [9.17, 15) is 0 Å². The Morgan fingerprint density at radius 2 is 0.774 bits per heavy atom. The molecule has 84 heavy (non-hydrogen) atoms. The summed E-state index contributed by atoms with van der Waals surface area (Å²) in [5.74, 6) is 2.46.